The number of rotatable bonds is 6. The number of nitrogens with zero attached hydrogens (tertiary/aromatic N) is 2. The summed E-state index contributed by atoms with van der Waals surface area (Å²) in [4.78, 5) is 26.6. The highest BCUT2D eigenvalue weighted by Gasteiger charge is 2.11. The molecule has 2 rings (SSSR count). The lowest BCUT2D eigenvalue weighted by atomic mass is 10.2. The van der Waals surface area contributed by atoms with E-state index in [4.69, 9.17) is 5.11 Å². The average molecular weight is 273 g/mol. The van der Waals surface area contributed by atoms with Gasteiger partial charge in [0.2, 0.25) is 5.91 Å². The molecule has 0 fully saturated rings. The normalized spacial score (nSPS) is 10.2. The zero-order valence-electron chi connectivity index (χ0n) is 10.8. The van der Waals surface area contributed by atoms with E-state index in [0.717, 1.165) is 5.56 Å². The summed E-state index contributed by atoms with van der Waals surface area (Å²) in [6, 6.07) is 6.85. The number of carbonyl (C=O) groups excluding carboxylic acids is 1. The molecular formula is C14H15N3O3. The van der Waals surface area contributed by atoms with Gasteiger partial charge in [-0.25, -0.2) is 4.79 Å². The highest BCUT2D eigenvalue weighted by atomic mass is 16.4. The van der Waals surface area contributed by atoms with E-state index in [1.54, 1.807) is 24.7 Å². The van der Waals surface area contributed by atoms with Crippen molar-refractivity contribution < 1.29 is 14.7 Å². The van der Waals surface area contributed by atoms with Crippen molar-refractivity contribution in [2.45, 2.75) is 13.0 Å². The predicted octanol–water partition coefficient (Wildman–Crippen LogP) is 0.940. The number of carbonyl (C=O) groups is 2. The van der Waals surface area contributed by atoms with Crippen molar-refractivity contribution in [2.24, 2.45) is 0 Å². The number of hydrogen-bond acceptors (Lipinski definition) is 3. The van der Waals surface area contributed by atoms with Crippen molar-refractivity contribution in [3.05, 3.63) is 54.1 Å². The number of amides is 1. The van der Waals surface area contributed by atoms with Crippen LogP contribution in [0.25, 0.3) is 0 Å². The predicted molar refractivity (Wildman–Crippen MR) is 72.3 cm³/mol. The van der Waals surface area contributed by atoms with E-state index >= 15 is 0 Å². The van der Waals surface area contributed by atoms with Gasteiger partial charge < -0.3 is 15.0 Å². The molecule has 104 valence electrons. The fourth-order valence-corrected chi connectivity index (χ4v) is 1.85. The molecule has 0 radical (unpaired) electrons. The lowest BCUT2D eigenvalue weighted by Crippen LogP contribution is -2.30. The molecule has 20 heavy (non-hydrogen) atoms. The molecule has 0 bridgehead atoms. The lowest BCUT2D eigenvalue weighted by Gasteiger charge is -2.08. The summed E-state index contributed by atoms with van der Waals surface area (Å²) in [5.74, 6) is -1.25. The van der Waals surface area contributed by atoms with Crippen LogP contribution in [0.4, 0.5) is 0 Å². The third-order valence-corrected chi connectivity index (χ3v) is 2.85. The zero-order valence-corrected chi connectivity index (χ0v) is 10.8. The Labute approximate surface area is 116 Å². The first-order valence-corrected chi connectivity index (χ1v) is 6.21. The van der Waals surface area contributed by atoms with Gasteiger partial charge in [0, 0.05) is 25.1 Å². The quantitative estimate of drug-likeness (QED) is 0.820. The summed E-state index contributed by atoms with van der Waals surface area (Å²) in [5, 5.41) is 11.7. The van der Waals surface area contributed by atoms with Crippen molar-refractivity contribution in [3.8, 4) is 0 Å². The SMILES string of the molecule is O=C(Cn1cccc1C(=O)O)NCCc1ccncc1. The maximum atomic E-state index is 11.7. The van der Waals surface area contributed by atoms with E-state index in [-0.39, 0.29) is 18.1 Å². The molecule has 6 nitrogen and oxygen atoms in total. The molecule has 2 heterocycles. The number of nitrogens with one attached hydrogen (secondary N) is 1. The Morgan fingerprint density at radius 3 is 2.70 bits per heavy atom. The number of carboxylic acids is 1. The van der Waals surface area contributed by atoms with Gasteiger partial charge in [-0.1, -0.05) is 0 Å². The van der Waals surface area contributed by atoms with Crippen LogP contribution in [-0.2, 0) is 17.8 Å². The third kappa shape index (κ3) is 3.68. The molecule has 0 unspecified atom stereocenters. The van der Waals surface area contributed by atoms with E-state index in [1.807, 2.05) is 12.1 Å². The second kappa shape index (κ2) is 6.51. The summed E-state index contributed by atoms with van der Waals surface area (Å²) in [6.45, 7) is 0.511. The van der Waals surface area contributed by atoms with Crippen LogP contribution in [0, 0.1) is 0 Å². The molecule has 2 N–H and O–H groups in total. The Kier molecular flexibility index (Phi) is 4.49. The first-order valence-electron chi connectivity index (χ1n) is 6.21. The van der Waals surface area contributed by atoms with Gasteiger partial charge >= 0.3 is 5.97 Å². The Hall–Kier alpha value is -2.63. The van der Waals surface area contributed by atoms with E-state index < -0.39 is 5.97 Å². The minimum Gasteiger partial charge on any atom is -0.477 e. The summed E-state index contributed by atoms with van der Waals surface area (Å²) in [7, 11) is 0. The molecular weight excluding hydrogens is 258 g/mol. The number of pyridine rings is 1. The Balaban J connectivity index is 1.81. The number of aromatic nitrogens is 2. The minimum atomic E-state index is -1.04. The zero-order chi connectivity index (χ0) is 14.4. The molecule has 2 aromatic rings. The molecule has 0 aliphatic heterocycles. The number of aromatic carboxylic acids is 1. The van der Waals surface area contributed by atoms with Gasteiger partial charge in [-0.15, -0.1) is 0 Å². The van der Waals surface area contributed by atoms with Gasteiger partial charge in [-0.3, -0.25) is 9.78 Å². The fourth-order valence-electron chi connectivity index (χ4n) is 1.85. The number of carboxylic acid groups (broad SMARTS) is 1. The Morgan fingerprint density at radius 2 is 2.00 bits per heavy atom. The summed E-state index contributed by atoms with van der Waals surface area (Å²) in [5.41, 5.74) is 1.20. The van der Waals surface area contributed by atoms with E-state index in [1.165, 1.54) is 10.6 Å². The molecule has 0 spiro atoms. The summed E-state index contributed by atoms with van der Waals surface area (Å²) < 4.78 is 1.41. The Bertz CT molecular complexity index is 593. The van der Waals surface area contributed by atoms with Crippen molar-refractivity contribution >= 4 is 11.9 Å². The highest BCUT2D eigenvalue weighted by Crippen LogP contribution is 2.02. The van der Waals surface area contributed by atoms with Gasteiger partial charge in [0.1, 0.15) is 12.2 Å². The van der Waals surface area contributed by atoms with Gasteiger partial charge in [0.25, 0.3) is 0 Å². The number of hydrogen-bond donors (Lipinski definition) is 2. The second-order valence-corrected chi connectivity index (χ2v) is 4.28. The minimum absolute atomic E-state index is 0.00494. The van der Waals surface area contributed by atoms with E-state index in [0.29, 0.717) is 13.0 Å². The molecule has 0 saturated carbocycles. The third-order valence-electron chi connectivity index (χ3n) is 2.85. The van der Waals surface area contributed by atoms with Gasteiger partial charge in [0.05, 0.1) is 0 Å². The molecule has 0 aliphatic carbocycles. The maximum absolute atomic E-state index is 11.7. The fraction of sp³-hybridized carbons (Fsp3) is 0.214. The van der Waals surface area contributed by atoms with E-state index in [2.05, 4.69) is 10.3 Å². The molecule has 0 atom stereocenters. The summed E-state index contributed by atoms with van der Waals surface area (Å²) in [6.07, 6.45) is 5.70. The monoisotopic (exact) mass is 273 g/mol. The Morgan fingerprint density at radius 1 is 1.25 bits per heavy atom. The van der Waals surface area contributed by atoms with Gasteiger partial charge in [-0.05, 0) is 36.2 Å². The molecule has 0 aromatic carbocycles. The summed E-state index contributed by atoms with van der Waals surface area (Å²) >= 11 is 0. The van der Waals surface area contributed by atoms with Crippen LogP contribution in [0.15, 0.2) is 42.9 Å². The first kappa shape index (κ1) is 13.8. The largest absolute Gasteiger partial charge is 0.477 e. The standard InChI is InChI=1S/C14H15N3O3/c18-13(10-17-9-1-2-12(17)14(19)20)16-8-5-11-3-6-15-7-4-11/h1-4,6-7,9H,5,8,10H2,(H,16,18)(H,19,20). The van der Waals surface area contributed by atoms with Crippen LogP contribution in [0.5, 0.6) is 0 Å². The van der Waals surface area contributed by atoms with Crippen LogP contribution < -0.4 is 5.32 Å². The van der Waals surface area contributed by atoms with E-state index in [9.17, 15) is 9.59 Å². The maximum Gasteiger partial charge on any atom is 0.352 e. The first-order chi connectivity index (χ1) is 9.66. The topological polar surface area (TPSA) is 84.2 Å². The van der Waals surface area contributed by atoms with Crippen LogP contribution in [0.3, 0.4) is 0 Å². The van der Waals surface area contributed by atoms with Gasteiger partial charge in [0.15, 0.2) is 0 Å². The smallest absolute Gasteiger partial charge is 0.352 e. The lowest BCUT2D eigenvalue weighted by molar-refractivity contribution is -0.121. The van der Waals surface area contributed by atoms with Gasteiger partial charge in [-0.2, -0.15) is 0 Å². The average Bonchev–Trinajstić information content (AvgIpc) is 2.88. The van der Waals surface area contributed by atoms with Crippen LogP contribution in [-0.4, -0.2) is 33.1 Å². The molecule has 0 aliphatic rings. The molecule has 0 saturated heterocycles. The molecule has 2 aromatic heterocycles. The van der Waals surface area contributed by atoms with Crippen molar-refractivity contribution in [1.29, 1.82) is 0 Å². The van der Waals surface area contributed by atoms with Crippen LogP contribution in [0.1, 0.15) is 16.1 Å². The van der Waals surface area contributed by atoms with Crippen LogP contribution in [0.2, 0.25) is 0 Å². The van der Waals surface area contributed by atoms with Crippen molar-refractivity contribution in [1.82, 2.24) is 14.9 Å². The molecule has 1 amide bonds. The highest BCUT2D eigenvalue weighted by molar-refractivity contribution is 5.86. The van der Waals surface area contributed by atoms with Crippen LogP contribution >= 0.6 is 0 Å². The van der Waals surface area contributed by atoms with Crippen molar-refractivity contribution in [2.75, 3.05) is 6.54 Å². The molecule has 6 heteroatoms. The van der Waals surface area contributed by atoms with Crippen molar-refractivity contribution in [3.63, 3.8) is 0 Å². The second-order valence-electron chi connectivity index (χ2n) is 4.28.